The molecule has 27 heavy (non-hydrogen) atoms. The molecule has 2 aliphatic rings. The highest BCUT2D eigenvalue weighted by molar-refractivity contribution is 5.67. The van der Waals surface area contributed by atoms with Gasteiger partial charge < -0.3 is 19.9 Å². The molecule has 6 nitrogen and oxygen atoms in total. The molecule has 1 aromatic heterocycles. The first kappa shape index (κ1) is 17.8. The van der Waals surface area contributed by atoms with E-state index in [-0.39, 0.29) is 12.3 Å². The van der Waals surface area contributed by atoms with E-state index in [0.29, 0.717) is 25.7 Å². The summed E-state index contributed by atoms with van der Waals surface area (Å²) in [6, 6.07) is 12.1. The summed E-state index contributed by atoms with van der Waals surface area (Å²) in [7, 11) is 0. The Morgan fingerprint density at radius 2 is 2.11 bits per heavy atom. The van der Waals surface area contributed by atoms with Crippen molar-refractivity contribution in [1.82, 2.24) is 4.98 Å². The van der Waals surface area contributed by atoms with E-state index in [0.717, 1.165) is 42.2 Å². The summed E-state index contributed by atoms with van der Waals surface area (Å²) in [5, 5.41) is 12.2. The molecule has 1 aromatic carbocycles. The van der Waals surface area contributed by atoms with Crippen molar-refractivity contribution in [3.05, 3.63) is 53.2 Å². The molecule has 0 radical (unpaired) electrons. The molecule has 0 amide bonds. The van der Waals surface area contributed by atoms with Crippen molar-refractivity contribution in [1.29, 1.82) is 0 Å². The number of nitrogens with zero attached hydrogens (tertiary/aromatic N) is 1. The Morgan fingerprint density at radius 3 is 2.93 bits per heavy atom. The van der Waals surface area contributed by atoms with E-state index in [1.54, 1.807) is 0 Å². The largest absolute Gasteiger partial charge is 0.493 e. The molecule has 1 saturated carbocycles. The first-order valence-corrected chi connectivity index (χ1v) is 9.44. The van der Waals surface area contributed by atoms with E-state index in [1.807, 2.05) is 30.3 Å². The van der Waals surface area contributed by atoms with E-state index in [4.69, 9.17) is 14.6 Å². The van der Waals surface area contributed by atoms with Crippen molar-refractivity contribution in [3.63, 3.8) is 0 Å². The Labute approximate surface area is 158 Å². The van der Waals surface area contributed by atoms with Crippen molar-refractivity contribution < 1.29 is 19.4 Å². The van der Waals surface area contributed by atoms with Crippen molar-refractivity contribution >= 4 is 11.8 Å². The monoisotopic (exact) mass is 368 g/mol. The standard InChI is InChI=1S/C21H24N2O4/c24-20(25)12-16-11-19(16)14-2-5-18(6-3-14)27-9-7-17-4-1-15-13-26-10-8-22-21(15)23-17/h1-6,16,19H,7-13H2,(H,22,23)(H,24,25). The molecule has 1 fully saturated rings. The number of fused-ring (bicyclic) bond motifs is 1. The lowest BCUT2D eigenvalue weighted by Gasteiger charge is -2.10. The third-order valence-corrected chi connectivity index (χ3v) is 5.13. The lowest BCUT2D eigenvalue weighted by molar-refractivity contribution is -0.137. The van der Waals surface area contributed by atoms with Gasteiger partial charge in [-0.05, 0) is 42.0 Å². The summed E-state index contributed by atoms with van der Waals surface area (Å²) in [5.41, 5.74) is 3.29. The van der Waals surface area contributed by atoms with Gasteiger partial charge >= 0.3 is 5.97 Å². The molecule has 142 valence electrons. The first-order chi connectivity index (χ1) is 13.2. The summed E-state index contributed by atoms with van der Waals surface area (Å²) in [6.45, 7) is 2.64. The van der Waals surface area contributed by atoms with E-state index >= 15 is 0 Å². The second-order valence-corrected chi connectivity index (χ2v) is 7.16. The summed E-state index contributed by atoms with van der Waals surface area (Å²) in [4.78, 5) is 15.4. The van der Waals surface area contributed by atoms with Crippen LogP contribution < -0.4 is 10.1 Å². The lowest BCUT2D eigenvalue weighted by Crippen LogP contribution is -2.08. The fourth-order valence-corrected chi connectivity index (χ4v) is 3.55. The van der Waals surface area contributed by atoms with Crippen LogP contribution in [0, 0.1) is 5.92 Å². The number of aromatic nitrogens is 1. The average molecular weight is 368 g/mol. The van der Waals surface area contributed by atoms with Gasteiger partial charge in [0.25, 0.3) is 0 Å². The van der Waals surface area contributed by atoms with Gasteiger partial charge in [-0.2, -0.15) is 0 Å². The van der Waals surface area contributed by atoms with Crippen LogP contribution in [0.3, 0.4) is 0 Å². The number of anilines is 1. The zero-order valence-electron chi connectivity index (χ0n) is 15.2. The van der Waals surface area contributed by atoms with E-state index in [9.17, 15) is 4.79 Å². The summed E-state index contributed by atoms with van der Waals surface area (Å²) in [5.74, 6) is 1.70. The van der Waals surface area contributed by atoms with Crippen LogP contribution >= 0.6 is 0 Å². The van der Waals surface area contributed by atoms with E-state index in [1.165, 1.54) is 5.56 Å². The Hall–Kier alpha value is -2.60. The quantitative estimate of drug-likeness (QED) is 0.781. The maximum absolute atomic E-state index is 10.8. The van der Waals surface area contributed by atoms with Gasteiger partial charge in [0.1, 0.15) is 11.6 Å². The molecule has 2 unspecified atom stereocenters. The number of carboxylic acid groups (broad SMARTS) is 1. The van der Waals surface area contributed by atoms with Crippen molar-refractivity contribution in [2.45, 2.75) is 31.8 Å². The summed E-state index contributed by atoms with van der Waals surface area (Å²) < 4.78 is 11.3. The van der Waals surface area contributed by atoms with Crippen LogP contribution in [0.2, 0.25) is 0 Å². The molecule has 1 aliphatic heterocycles. The molecule has 2 aromatic rings. The number of benzene rings is 1. The van der Waals surface area contributed by atoms with Crippen LogP contribution in [0.25, 0.3) is 0 Å². The van der Waals surface area contributed by atoms with E-state index < -0.39 is 5.97 Å². The van der Waals surface area contributed by atoms with Gasteiger partial charge in [0.2, 0.25) is 0 Å². The zero-order chi connectivity index (χ0) is 18.6. The summed E-state index contributed by atoms with van der Waals surface area (Å²) >= 11 is 0. The van der Waals surface area contributed by atoms with Gasteiger partial charge in [0, 0.05) is 30.6 Å². The maximum Gasteiger partial charge on any atom is 0.303 e. The van der Waals surface area contributed by atoms with Crippen LogP contribution in [0.5, 0.6) is 5.75 Å². The number of ether oxygens (including phenoxy) is 2. The van der Waals surface area contributed by atoms with Gasteiger partial charge in [-0.25, -0.2) is 4.98 Å². The minimum absolute atomic E-state index is 0.262. The number of carbonyl (C=O) groups is 1. The van der Waals surface area contributed by atoms with Crippen molar-refractivity contribution in [2.24, 2.45) is 5.92 Å². The molecule has 0 saturated heterocycles. The Morgan fingerprint density at radius 1 is 1.26 bits per heavy atom. The highest BCUT2D eigenvalue weighted by atomic mass is 16.5. The number of carboxylic acids is 1. The van der Waals surface area contributed by atoms with Crippen LogP contribution in [-0.4, -0.2) is 35.8 Å². The number of nitrogens with one attached hydrogen (secondary N) is 1. The fourth-order valence-electron chi connectivity index (χ4n) is 3.55. The second kappa shape index (κ2) is 7.96. The average Bonchev–Trinajstić information content (AvgIpc) is 3.44. The molecule has 4 rings (SSSR count). The van der Waals surface area contributed by atoms with Crippen molar-refractivity contribution in [2.75, 3.05) is 25.1 Å². The highest BCUT2D eigenvalue weighted by Crippen LogP contribution is 2.49. The summed E-state index contributed by atoms with van der Waals surface area (Å²) in [6.07, 6.45) is 1.97. The number of pyridine rings is 1. The Kier molecular flexibility index (Phi) is 5.25. The van der Waals surface area contributed by atoms with Gasteiger partial charge in [-0.3, -0.25) is 4.79 Å². The fraction of sp³-hybridized carbons (Fsp3) is 0.429. The first-order valence-electron chi connectivity index (χ1n) is 9.44. The van der Waals surface area contributed by atoms with Crippen LogP contribution in [0.1, 0.15) is 35.6 Å². The number of rotatable bonds is 7. The molecule has 0 bridgehead atoms. The number of hydrogen-bond donors (Lipinski definition) is 2. The molecule has 6 heteroatoms. The van der Waals surface area contributed by atoms with Crippen LogP contribution in [0.4, 0.5) is 5.82 Å². The Balaban J connectivity index is 1.27. The minimum Gasteiger partial charge on any atom is -0.493 e. The molecule has 1 aliphatic carbocycles. The zero-order valence-corrected chi connectivity index (χ0v) is 15.2. The van der Waals surface area contributed by atoms with Crippen molar-refractivity contribution in [3.8, 4) is 5.75 Å². The predicted octanol–water partition coefficient (Wildman–Crippen LogP) is 3.22. The number of hydrogen-bond acceptors (Lipinski definition) is 5. The van der Waals surface area contributed by atoms with Gasteiger partial charge in [0.05, 0.1) is 19.8 Å². The molecule has 2 atom stereocenters. The second-order valence-electron chi connectivity index (χ2n) is 7.16. The van der Waals surface area contributed by atoms with Crippen LogP contribution in [-0.2, 0) is 22.6 Å². The topological polar surface area (TPSA) is 80.7 Å². The third-order valence-electron chi connectivity index (χ3n) is 5.13. The third kappa shape index (κ3) is 4.57. The molecular weight excluding hydrogens is 344 g/mol. The molecule has 2 heterocycles. The van der Waals surface area contributed by atoms with Gasteiger partial charge in [0.15, 0.2) is 0 Å². The number of aliphatic carboxylic acids is 1. The normalized spacial score (nSPS) is 20.9. The highest BCUT2D eigenvalue weighted by Gasteiger charge is 2.39. The molecular formula is C21H24N2O4. The lowest BCUT2D eigenvalue weighted by atomic mass is 10.1. The predicted molar refractivity (Wildman–Crippen MR) is 101 cm³/mol. The molecule has 2 N–H and O–H groups in total. The maximum atomic E-state index is 10.8. The molecule has 0 spiro atoms. The van der Waals surface area contributed by atoms with E-state index in [2.05, 4.69) is 16.4 Å². The smallest absolute Gasteiger partial charge is 0.303 e. The van der Waals surface area contributed by atoms with Crippen LogP contribution in [0.15, 0.2) is 36.4 Å². The minimum atomic E-state index is -0.711. The Bertz CT molecular complexity index is 806. The van der Waals surface area contributed by atoms with Gasteiger partial charge in [-0.15, -0.1) is 0 Å². The van der Waals surface area contributed by atoms with Gasteiger partial charge in [-0.1, -0.05) is 18.2 Å². The SMILES string of the molecule is O=C(O)CC1CC1c1ccc(OCCc2ccc3c(n2)NCCOC3)cc1.